The Morgan fingerprint density at radius 3 is 2.31 bits per heavy atom. The zero-order chi connectivity index (χ0) is 8.27. The molecule has 0 N–H and O–H groups in total. The van der Waals surface area contributed by atoms with Crippen LogP contribution in [-0.2, 0) is 6.54 Å². The number of nitrogens with zero attached hydrogens (tertiary/aromatic N) is 1. The maximum Gasteiger partial charge on any atom is 0.0227 e. The van der Waals surface area contributed by atoms with Crippen molar-refractivity contribution in [3.05, 3.63) is 35.4 Å². The molecule has 0 saturated carbocycles. The van der Waals surface area contributed by atoms with Crippen LogP contribution in [-0.4, -0.2) is 19.0 Å². The Morgan fingerprint density at radius 2 is 1.85 bits per heavy atom. The predicted octanol–water partition coefficient (Wildman–Crippen LogP) is -0.303. The van der Waals surface area contributed by atoms with Gasteiger partial charge in [0, 0.05) is 6.54 Å². The van der Waals surface area contributed by atoms with Crippen LogP contribution in [0.5, 0.6) is 0 Å². The van der Waals surface area contributed by atoms with E-state index in [1.807, 2.05) is 0 Å². The van der Waals surface area contributed by atoms with E-state index in [0.29, 0.717) is 0 Å². The first-order chi connectivity index (χ1) is 5.18. The van der Waals surface area contributed by atoms with Gasteiger partial charge in [-0.25, -0.2) is 0 Å². The summed E-state index contributed by atoms with van der Waals surface area (Å²) in [5.74, 6) is 0. The zero-order valence-electron chi connectivity index (χ0n) is 7.84. The van der Waals surface area contributed by atoms with Gasteiger partial charge in [0.25, 0.3) is 0 Å². The summed E-state index contributed by atoms with van der Waals surface area (Å²) in [7, 11) is 4.17. The van der Waals surface area contributed by atoms with Gasteiger partial charge in [0.05, 0.1) is 0 Å². The maximum absolute atomic E-state index is 2.22. The minimum absolute atomic E-state index is 0. The summed E-state index contributed by atoms with van der Waals surface area (Å²) in [6, 6.07) is 8.61. The maximum atomic E-state index is 2.22. The summed E-state index contributed by atoms with van der Waals surface area (Å²) in [5, 5.41) is 0. The van der Waals surface area contributed by atoms with E-state index in [0.717, 1.165) is 6.54 Å². The van der Waals surface area contributed by atoms with Crippen LogP contribution >= 0.6 is 0 Å². The van der Waals surface area contributed by atoms with Crippen molar-refractivity contribution in [1.29, 1.82) is 0 Å². The van der Waals surface area contributed by atoms with Gasteiger partial charge in [-0.15, -0.1) is 0 Å². The van der Waals surface area contributed by atoms with Gasteiger partial charge in [0.15, 0.2) is 0 Å². The SMILES string of the molecule is C.Cc1cccc(CN(C)C)c1.[Br-]. The molecule has 0 aliphatic rings. The highest BCUT2D eigenvalue weighted by molar-refractivity contribution is 5.21. The van der Waals surface area contributed by atoms with E-state index < -0.39 is 0 Å². The van der Waals surface area contributed by atoms with Gasteiger partial charge >= 0.3 is 0 Å². The molecule has 2 heteroatoms. The average Bonchev–Trinajstić information content (AvgIpc) is 1.85. The predicted molar refractivity (Wildman–Crippen MR) is 55.3 cm³/mol. The first kappa shape index (κ1) is 15.1. The molecule has 76 valence electrons. The van der Waals surface area contributed by atoms with Gasteiger partial charge in [0.2, 0.25) is 0 Å². The number of hydrogen-bond acceptors (Lipinski definition) is 1. The van der Waals surface area contributed by atoms with E-state index in [4.69, 9.17) is 0 Å². The third-order valence-corrected chi connectivity index (χ3v) is 1.58. The molecule has 0 unspecified atom stereocenters. The third-order valence-electron chi connectivity index (χ3n) is 1.58. The zero-order valence-corrected chi connectivity index (χ0v) is 9.43. The molecule has 0 amide bonds. The second kappa shape index (κ2) is 7.10. The molecule has 0 spiro atoms. The molecule has 0 bridgehead atoms. The topological polar surface area (TPSA) is 3.24 Å². The lowest BCUT2D eigenvalue weighted by Crippen LogP contribution is -3.00. The fourth-order valence-corrected chi connectivity index (χ4v) is 1.18. The molecule has 1 aromatic rings. The highest BCUT2D eigenvalue weighted by atomic mass is 79.9. The minimum Gasteiger partial charge on any atom is -1.00 e. The average molecular weight is 245 g/mol. The first-order valence-electron chi connectivity index (χ1n) is 3.89. The number of benzene rings is 1. The smallest absolute Gasteiger partial charge is 0.0227 e. The quantitative estimate of drug-likeness (QED) is 0.691. The second-order valence-electron chi connectivity index (χ2n) is 3.23. The van der Waals surface area contributed by atoms with Crippen molar-refractivity contribution < 1.29 is 17.0 Å². The molecular weight excluding hydrogens is 226 g/mol. The molecule has 1 rings (SSSR count). The van der Waals surface area contributed by atoms with Crippen LogP contribution in [0.1, 0.15) is 18.6 Å². The molecule has 13 heavy (non-hydrogen) atoms. The molecule has 0 aliphatic heterocycles. The summed E-state index contributed by atoms with van der Waals surface area (Å²) in [5.41, 5.74) is 2.72. The minimum atomic E-state index is 0. The second-order valence-corrected chi connectivity index (χ2v) is 3.23. The van der Waals surface area contributed by atoms with Crippen LogP contribution in [0.4, 0.5) is 0 Å². The fourth-order valence-electron chi connectivity index (χ4n) is 1.18. The van der Waals surface area contributed by atoms with E-state index in [2.05, 4.69) is 50.2 Å². The lowest BCUT2D eigenvalue weighted by atomic mass is 10.1. The Balaban J connectivity index is 0. The Bertz CT molecular complexity index is 233. The Morgan fingerprint density at radius 1 is 1.23 bits per heavy atom. The number of rotatable bonds is 2. The lowest BCUT2D eigenvalue weighted by molar-refractivity contribution is -0.00000294. The molecule has 0 aliphatic carbocycles. The van der Waals surface area contributed by atoms with Gasteiger partial charge < -0.3 is 21.9 Å². The van der Waals surface area contributed by atoms with Crippen molar-refractivity contribution in [1.82, 2.24) is 4.90 Å². The van der Waals surface area contributed by atoms with Crippen LogP contribution in [0.2, 0.25) is 0 Å². The molecule has 0 fully saturated rings. The van der Waals surface area contributed by atoms with Crippen LogP contribution in [0.15, 0.2) is 24.3 Å². The van der Waals surface area contributed by atoms with Crippen molar-refractivity contribution in [2.45, 2.75) is 20.9 Å². The van der Waals surface area contributed by atoms with E-state index in [1.54, 1.807) is 0 Å². The molecular formula is C11H19BrN-. The standard InChI is InChI=1S/C10H15N.CH4.BrH/c1-9-5-4-6-10(7-9)8-11(2)3;;/h4-7H,8H2,1-3H3;1H4;1H/p-1. The van der Waals surface area contributed by atoms with Crippen molar-refractivity contribution >= 4 is 0 Å². The van der Waals surface area contributed by atoms with Crippen molar-refractivity contribution in [3.63, 3.8) is 0 Å². The van der Waals surface area contributed by atoms with Gasteiger partial charge in [0.1, 0.15) is 0 Å². The van der Waals surface area contributed by atoms with Gasteiger partial charge in [-0.3, -0.25) is 0 Å². The van der Waals surface area contributed by atoms with Crippen LogP contribution in [0.25, 0.3) is 0 Å². The fraction of sp³-hybridized carbons (Fsp3) is 0.455. The summed E-state index contributed by atoms with van der Waals surface area (Å²) < 4.78 is 0. The van der Waals surface area contributed by atoms with Crippen LogP contribution < -0.4 is 17.0 Å². The molecule has 1 aromatic carbocycles. The van der Waals surface area contributed by atoms with Gasteiger partial charge in [-0.05, 0) is 26.6 Å². The molecule has 1 nitrogen and oxygen atoms in total. The summed E-state index contributed by atoms with van der Waals surface area (Å²) in [6.07, 6.45) is 0. The lowest BCUT2D eigenvalue weighted by Gasteiger charge is -2.09. The Kier molecular flexibility index (Phi) is 8.27. The molecule has 0 atom stereocenters. The van der Waals surface area contributed by atoms with Crippen LogP contribution in [0.3, 0.4) is 0 Å². The molecule has 0 saturated heterocycles. The van der Waals surface area contributed by atoms with Crippen molar-refractivity contribution in [2.75, 3.05) is 14.1 Å². The van der Waals surface area contributed by atoms with E-state index in [-0.39, 0.29) is 24.4 Å². The highest BCUT2D eigenvalue weighted by Gasteiger charge is 1.93. The molecule has 0 aromatic heterocycles. The highest BCUT2D eigenvalue weighted by Crippen LogP contribution is 2.04. The Labute approximate surface area is 92.5 Å². The van der Waals surface area contributed by atoms with Crippen molar-refractivity contribution in [3.8, 4) is 0 Å². The van der Waals surface area contributed by atoms with E-state index >= 15 is 0 Å². The molecule has 0 heterocycles. The van der Waals surface area contributed by atoms with E-state index in [9.17, 15) is 0 Å². The number of aryl methyl sites for hydroxylation is 1. The number of halogens is 1. The summed E-state index contributed by atoms with van der Waals surface area (Å²) >= 11 is 0. The number of hydrogen-bond donors (Lipinski definition) is 0. The van der Waals surface area contributed by atoms with Crippen LogP contribution in [0, 0.1) is 6.92 Å². The summed E-state index contributed by atoms with van der Waals surface area (Å²) in [6.45, 7) is 3.15. The largest absolute Gasteiger partial charge is 1.00 e. The van der Waals surface area contributed by atoms with Gasteiger partial charge in [-0.1, -0.05) is 37.3 Å². The normalized spacial score (nSPS) is 8.92. The Hall–Kier alpha value is -0.340. The summed E-state index contributed by atoms with van der Waals surface area (Å²) in [4.78, 5) is 2.18. The van der Waals surface area contributed by atoms with Gasteiger partial charge in [-0.2, -0.15) is 0 Å². The monoisotopic (exact) mass is 244 g/mol. The molecule has 0 radical (unpaired) electrons. The van der Waals surface area contributed by atoms with E-state index in [1.165, 1.54) is 11.1 Å². The first-order valence-corrected chi connectivity index (χ1v) is 3.89. The third kappa shape index (κ3) is 5.83. The van der Waals surface area contributed by atoms with Crippen molar-refractivity contribution in [2.24, 2.45) is 0 Å².